The Morgan fingerprint density at radius 1 is 1.21 bits per heavy atom. The van der Waals surface area contributed by atoms with Crippen LogP contribution >= 0.6 is 12.2 Å². The summed E-state index contributed by atoms with van der Waals surface area (Å²) in [5, 5.41) is 4.11. The number of thiocarbonyl (C=S) groups is 1. The molecule has 1 aromatic carbocycles. The van der Waals surface area contributed by atoms with Crippen LogP contribution in [0.5, 0.6) is 0 Å². The number of hydrogen-bond acceptors (Lipinski definition) is 4. The van der Waals surface area contributed by atoms with Crippen molar-refractivity contribution in [2.45, 2.75) is 26.3 Å². The van der Waals surface area contributed by atoms with E-state index in [1.165, 1.54) is 11.1 Å². The second-order valence-electron chi connectivity index (χ2n) is 6.76. The monoisotopic (exact) mass is 367 g/mol. The second-order valence-corrected chi connectivity index (χ2v) is 9.37. The minimum Gasteiger partial charge on any atom is -0.346 e. The highest BCUT2D eigenvalue weighted by Gasteiger charge is 2.33. The lowest BCUT2D eigenvalue weighted by Crippen LogP contribution is -2.53. The van der Waals surface area contributed by atoms with Crippen molar-refractivity contribution in [3.63, 3.8) is 0 Å². The molecule has 2 aliphatic rings. The average molecular weight is 368 g/mol. The highest BCUT2D eigenvalue weighted by Crippen LogP contribution is 2.21. The van der Waals surface area contributed by atoms with E-state index in [9.17, 15) is 8.42 Å². The topological polar surface area (TPSA) is 52.6 Å². The smallest absolute Gasteiger partial charge is 0.173 e. The maximum atomic E-state index is 11.7. The van der Waals surface area contributed by atoms with Gasteiger partial charge in [0.25, 0.3) is 0 Å². The van der Waals surface area contributed by atoms with Crippen molar-refractivity contribution in [3.05, 3.63) is 29.3 Å². The zero-order valence-corrected chi connectivity index (χ0v) is 15.9. The molecule has 24 heavy (non-hydrogen) atoms. The summed E-state index contributed by atoms with van der Waals surface area (Å²) in [7, 11) is -2.82. The third-order valence-electron chi connectivity index (χ3n) is 5.17. The number of rotatable bonds is 2. The molecule has 0 spiro atoms. The molecule has 7 heteroatoms. The summed E-state index contributed by atoms with van der Waals surface area (Å²) in [5.74, 6) is 0.655. The van der Waals surface area contributed by atoms with E-state index in [1.807, 2.05) is 12.1 Å². The van der Waals surface area contributed by atoms with Crippen molar-refractivity contribution in [2.24, 2.45) is 0 Å². The molecule has 3 rings (SSSR count). The summed E-state index contributed by atoms with van der Waals surface area (Å²) >= 11 is 5.57. The van der Waals surface area contributed by atoms with Gasteiger partial charge in [-0.15, -0.1) is 0 Å². The van der Waals surface area contributed by atoms with E-state index in [4.69, 9.17) is 12.2 Å². The van der Waals surface area contributed by atoms with Crippen molar-refractivity contribution in [1.82, 2.24) is 9.80 Å². The number of hydrogen-bond donors (Lipinski definition) is 1. The lowest BCUT2D eigenvalue weighted by atomic mass is 10.1. The molecule has 0 radical (unpaired) electrons. The van der Waals surface area contributed by atoms with Crippen molar-refractivity contribution >= 4 is 32.9 Å². The van der Waals surface area contributed by atoms with E-state index in [0.717, 1.165) is 43.4 Å². The van der Waals surface area contributed by atoms with Crippen LogP contribution < -0.4 is 5.32 Å². The molecule has 5 nitrogen and oxygen atoms in total. The molecule has 0 bridgehead atoms. The predicted octanol–water partition coefficient (Wildman–Crippen LogP) is 1.80. The van der Waals surface area contributed by atoms with Crippen molar-refractivity contribution < 1.29 is 8.42 Å². The van der Waals surface area contributed by atoms with Crippen LogP contribution in [-0.2, 0) is 9.84 Å². The van der Waals surface area contributed by atoms with Gasteiger partial charge in [-0.1, -0.05) is 12.1 Å². The molecular weight excluding hydrogens is 342 g/mol. The molecule has 2 fully saturated rings. The third-order valence-corrected chi connectivity index (χ3v) is 7.28. The van der Waals surface area contributed by atoms with Gasteiger partial charge in [0, 0.05) is 37.9 Å². The van der Waals surface area contributed by atoms with Gasteiger partial charge in [-0.2, -0.15) is 0 Å². The predicted molar refractivity (Wildman–Crippen MR) is 102 cm³/mol. The number of anilines is 1. The van der Waals surface area contributed by atoms with Crippen LogP contribution in [0.3, 0.4) is 0 Å². The lowest BCUT2D eigenvalue weighted by molar-refractivity contribution is 0.144. The van der Waals surface area contributed by atoms with Gasteiger partial charge in [0.2, 0.25) is 0 Å². The Bertz CT molecular complexity index is 725. The standard InChI is InChI=1S/C17H25N3O2S2/c1-13-4-3-5-16(14(13)2)18-17(23)20-9-7-19(8-10-20)15-6-11-24(21,22)12-15/h3-5,15H,6-12H2,1-2H3,(H,18,23)/t15-/m1/s1. The fraction of sp³-hybridized carbons (Fsp3) is 0.588. The second kappa shape index (κ2) is 6.98. The van der Waals surface area contributed by atoms with Gasteiger partial charge in [0.05, 0.1) is 11.5 Å². The first-order valence-electron chi connectivity index (χ1n) is 8.42. The fourth-order valence-electron chi connectivity index (χ4n) is 3.43. The fourth-order valence-corrected chi connectivity index (χ4v) is 5.49. The molecule has 0 aromatic heterocycles. The minimum atomic E-state index is -2.82. The number of piperazine rings is 1. The van der Waals surface area contributed by atoms with Gasteiger partial charge in [0.15, 0.2) is 14.9 Å². The van der Waals surface area contributed by atoms with Crippen molar-refractivity contribution in [2.75, 3.05) is 43.0 Å². The first-order valence-corrected chi connectivity index (χ1v) is 10.7. The molecular formula is C17H25N3O2S2. The van der Waals surface area contributed by atoms with Gasteiger partial charge >= 0.3 is 0 Å². The summed E-state index contributed by atoms with van der Waals surface area (Å²) < 4.78 is 23.3. The molecule has 132 valence electrons. The van der Waals surface area contributed by atoms with Gasteiger partial charge in [-0.3, -0.25) is 4.90 Å². The van der Waals surface area contributed by atoms with Crippen LogP contribution in [0.1, 0.15) is 17.5 Å². The Balaban J connectivity index is 1.55. The van der Waals surface area contributed by atoms with Crippen LogP contribution in [0.25, 0.3) is 0 Å². The first-order chi connectivity index (χ1) is 11.4. The lowest BCUT2D eigenvalue weighted by Gasteiger charge is -2.38. The van der Waals surface area contributed by atoms with Crippen molar-refractivity contribution in [3.8, 4) is 0 Å². The Labute approximate surface area is 149 Å². The molecule has 1 aromatic rings. The maximum absolute atomic E-state index is 11.7. The van der Waals surface area contributed by atoms with E-state index in [-0.39, 0.29) is 6.04 Å². The molecule has 0 saturated carbocycles. The Morgan fingerprint density at radius 3 is 2.54 bits per heavy atom. The molecule has 0 unspecified atom stereocenters. The summed E-state index contributed by atoms with van der Waals surface area (Å²) in [6, 6.07) is 6.37. The summed E-state index contributed by atoms with van der Waals surface area (Å²) in [4.78, 5) is 4.48. The summed E-state index contributed by atoms with van der Waals surface area (Å²) in [5.41, 5.74) is 3.52. The zero-order valence-electron chi connectivity index (χ0n) is 14.3. The van der Waals surface area contributed by atoms with E-state index in [2.05, 4.69) is 35.0 Å². The van der Waals surface area contributed by atoms with Gasteiger partial charge in [0.1, 0.15) is 0 Å². The molecule has 0 aliphatic carbocycles. The van der Waals surface area contributed by atoms with Crippen LogP contribution in [-0.4, -0.2) is 67.1 Å². The number of nitrogens with zero attached hydrogens (tertiary/aromatic N) is 2. The van der Waals surface area contributed by atoms with Gasteiger partial charge in [-0.05, 0) is 49.7 Å². The van der Waals surface area contributed by atoms with E-state index in [1.54, 1.807) is 0 Å². The number of sulfone groups is 1. The van der Waals surface area contributed by atoms with Crippen LogP contribution in [0.4, 0.5) is 5.69 Å². The van der Waals surface area contributed by atoms with Gasteiger partial charge in [-0.25, -0.2) is 8.42 Å². The molecule has 2 heterocycles. The van der Waals surface area contributed by atoms with Gasteiger partial charge < -0.3 is 10.2 Å². The largest absolute Gasteiger partial charge is 0.346 e. The molecule has 1 atom stereocenters. The highest BCUT2D eigenvalue weighted by atomic mass is 32.2. The normalized spacial score (nSPS) is 24.1. The Hall–Kier alpha value is -1.18. The third kappa shape index (κ3) is 3.90. The van der Waals surface area contributed by atoms with Crippen LogP contribution in [0.15, 0.2) is 18.2 Å². The summed E-state index contributed by atoms with van der Waals surface area (Å²) in [6.07, 6.45) is 0.771. The highest BCUT2D eigenvalue weighted by molar-refractivity contribution is 7.91. The quantitative estimate of drug-likeness (QED) is 0.805. The molecule has 2 aliphatic heterocycles. The molecule has 1 N–H and O–H groups in total. The average Bonchev–Trinajstić information content (AvgIpc) is 2.92. The number of nitrogens with one attached hydrogen (secondary N) is 1. The minimum absolute atomic E-state index is 0.192. The Kier molecular flexibility index (Phi) is 5.13. The molecule has 0 amide bonds. The maximum Gasteiger partial charge on any atom is 0.173 e. The first kappa shape index (κ1) is 17.6. The SMILES string of the molecule is Cc1cccc(NC(=S)N2CCN([C@@H]3CCS(=O)(=O)C3)CC2)c1C. The van der Waals surface area contributed by atoms with Crippen molar-refractivity contribution in [1.29, 1.82) is 0 Å². The van der Waals surface area contributed by atoms with E-state index < -0.39 is 9.84 Å². The van der Waals surface area contributed by atoms with E-state index >= 15 is 0 Å². The Morgan fingerprint density at radius 2 is 1.92 bits per heavy atom. The van der Waals surface area contributed by atoms with Crippen LogP contribution in [0.2, 0.25) is 0 Å². The number of benzene rings is 1. The zero-order chi connectivity index (χ0) is 17.3. The summed E-state index contributed by atoms with van der Waals surface area (Å²) in [6.45, 7) is 7.61. The van der Waals surface area contributed by atoms with Crippen LogP contribution in [0, 0.1) is 13.8 Å². The van der Waals surface area contributed by atoms with E-state index in [0.29, 0.717) is 11.5 Å². The number of aryl methyl sites for hydroxylation is 1. The molecule has 2 saturated heterocycles.